The Kier molecular flexibility index (Phi) is 3.38. The first-order valence-electron chi connectivity index (χ1n) is 3.79. The van der Waals surface area contributed by atoms with Gasteiger partial charge in [-0.05, 0) is 13.8 Å². The fourth-order valence-corrected chi connectivity index (χ4v) is 1.50. The molecule has 1 N–H and O–H groups in total. The quantitative estimate of drug-likeness (QED) is 0.721. The molecule has 0 radical (unpaired) electrons. The van der Waals surface area contributed by atoms with Crippen molar-refractivity contribution in [3.05, 3.63) is 0 Å². The van der Waals surface area contributed by atoms with Crippen LogP contribution in [0.3, 0.4) is 0 Å². The van der Waals surface area contributed by atoms with E-state index in [9.17, 15) is 5.11 Å². The van der Waals surface area contributed by atoms with Crippen molar-refractivity contribution < 1.29 is 14.6 Å². The van der Waals surface area contributed by atoms with Crippen LogP contribution in [0.5, 0.6) is 0 Å². The zero-order chi connectivity index (χ0) is 10.3. The number of rotatable bonds is 1. The van der Waals surface area contributed by atoms with Crippen LogP contribution in [0.15, 0.2) is 0 Å². The molecule has 1 aliphatic rings. The van der Waals surface area contributed by atoms with E-state index < -0.39 is 21.8 Å². The smallest absolute Gasteiger partial charge is 0.218 e. The lowest BCUT2D eigenvalue weighted by atomic mass is 10.2. The summed E-state index contributed by atoms with van der Waals surface area (Å²) < 4.78 is 8.78. The summed E-state index contributed by atoms with van der Waals surface area (Å²) in [7, 11) is 0. The Labute approximate surface area is 91.9 Å². The second-order valence-corrected chi connectivity index (χ2v) is 5.72. The van der Waals surface area contributed by atoms with Crippen molar-refractivity contribution in [1.82, 2.24) is 0 Å². The van der Waals surface area contributed by atoms with E-state index in [1.165, 1.54) is 0 Å². The molecule has 0 spiro atoms. The predicted molar refractivity (Wildman–Crippen MR) is 51.2 cm³/mol. The molecule has 1 heterocycles. The first-order valence-corrected chi connectivity index (χ1v) is 4.92. The van der Waals surface area contributed by atoms with E-state index in [0.29, 0.717) is 0 Å². The first kappa shape index (κ1) is 11.8. The number of hydrogen-bond acceptors (Lipinski definition) is 3. The van der Waals surface area contributed by atoms with Crippen molar-refractivity contribution in [1.29, 1.82) is 0 Å². The number of alkyl halides is 3. The molecule has 0 aromatic carbocycles. The second-order valence-electron chi connectivity index (χ2n) is 3.35. The standard InChI is InChI=1S/C7H11Cl3O3/c1-6(2)12-3-4(13-6)5(11)7(8,9)10/h4-5,11H,3H2,1-2H3/t4-,5-/m1/s1. The van der Waals surface area contributed by atoms with Crippen molar-refractivity contribution in [3.63, 3.8) is 0 Å². The van der Waals surface area contributed by atoms with E-state index in [4.69, 9.17) is 44.3 Å². The molecule has 2 atom stereocenters. The summed E-state index contributed by atoms with van der Waals surface area (Å²) in [6.45, 7) is 3.69. The first-order chi connectivity index (χ1) is 5.72. The van der Waals surface area contributed by atoms with Gasteiger partial charge in [-0.2, -0.15) is 0 Å². The van der Waals surface area contributed by atoms with Crippen LogP contribution in [0, 0.1) is 0 Å². The molecule has 0 amide bonds. The van der Waals surface area contributed by atoms with E-state index in [0.717, 1.165) is 0 Å². The van der Waals surface area contributed by atoms with E-state index in [-0.39, 0.29) is 6.61 Å². The minimum absolute atomic E-state index is 0.224. The summed E-state index contributed by atoms with van der Waals surface area (Å²) >= 11 is 16.5. The predicted octanol–water partition coefficient (Wildman–Crippen LogP) is 1.87. The van der Waals surface area contributed by atoms with Gasteiger partial charge in [0, 0.05) is 0 Å². The van der Waals surface area contributed by atoms with E-state index >= 15 is 0 Å². The number of aliphatic hydroxyl groups excluding tert-OH is 1. The third-order valence-corrected chi connectivity index (χ3v) is 2.39. The van der Waals surface area contributed by atoms with Crippen LogP contribution in [-0.2, 0) is 9.47 Å². The maximum Gasteiger partial charge on any atom is 0.218 e. The molecule has 0 saturated carbocycles. The molecular weight excluding hydrogens is 238 g/mol. The summed E-state index contributed by atoms with van der Waals surface area (Å²) in [5.74, 6) is -0.721. The van der Waals surface area contributed by atoms with Crippen LogP contribution in [0.25, 0.3) is 0 Å². The summed E-state index contributed by atoms with van der Waals surface area (Å²) in [5.41, 5.74) is 0. The van der Waals surface area contributed by atoms with E-state index in [2.05, 4.69) is 0 Å². The van der Waals surface area contributed by atoms with Crippen LogP contribution in [0.2, 0.25) is 0 Å². The zero-order valence-electron chi connectivity index (χ0n) is 7.26. The van der Waals surface area contributed by atoms with Gasteiger partial charge < -0.3 is 14.6 Å². The van der Waals surface area contributed by atoms with Crippen molar-refractivity contribution in [2.75, 3.05) is 6.61 Å². The van der Waals surface area contributed by atoms with Gasteiger partial charge >= 0.3 is 0 Å². The highest BCUT2D eigenvalue weighted by Gasteiger charge is 2.44. The number of ether oxygens (including phenoxy) is 2. The highest BCUT2D eigenvalue weighted by molar-refractivity contribution is 6.68. The van der Waals surface area contributed by atoms with Crippen LogP contribution in [0.4, 0.5) is 0 Å². The van der Waals surface area contributed by atoms with Gasteiger partial charge in [0.25, 0.3) is 0 Å². The van der Waals surface area contributed by atoms with Crippen molar-refractivity contribution in [3.8, 4) is 0 Å². The molecule has 1 aliphatic heterocycles. The monoisotopic (exact) mass is 248 g/mol. The maximum atomic E-state index is 9.52. The van der Waals surface area contributed by atoms with Gasteiger partial charge in [-0.3, -0.25) is 0 Å². The van der Waals surface area contributed by atoms with Crippen LogP contribution in [0.1, 0.15) is 13.8 Å². The molecule has 0 aromatic heterocycles. The molecule has 6 heteroatoms. The molecule has 1 fully saturated rings. The van der Waals surface area contributed by atoms with Gasteiger partial charge in [-0.25, -0.2) is 0 Å². The zero-order valence-corrected chi connectivity index (χ0v) is 9.53. The summed E-state index contributed by atoms with van der Waals surface area (Å²) in [5, 5.41) is 9.52. The van der Waals surface area contributed by atoms with Gasteiger partial charge in [0.2, 0.25) is 3.79 Å². The highest BCUT2D eigenvalue weighted by atomic mass is 35.6. The van der Waals surface area contributed by atoms with Gasteiger partial charge in [-0.15, -0.1) is 0 Å². The Morgan fingerprint density at radius 1 is 1.46 bits per heavy atom. The van der Waals surface area contributed by atoms with Crippen molar-refractivity contribution in [2.45, 2.75) is 35.6 Å². The summed E-state index contributed by atoms with van der Waals surface area (Å²) in [6, 6.07) is 0. The van der Waals surface area contributed by atoms with E-state index in [1.807, 2.05) is 0 Å². The SMILES string of the molecule is CC1(C)OC[C@H]([C@@H](O)C(Cl)(Cl)Cl)O1. The Balaban J connectivity index is 2.57. The molecule has 13 heavy (non-hydrogen) atoms. The average Bonchev–Trinajstić information content (AvgIpc) is 2.26. The fourth-order valence-electron chi connectivity index (χ4n) is 1.08. The highest BCUT2D eigenvalue weighted by Crippen LogP contribution is 2.36. The molecule has 78 valence electrons. The molecule has 1 saturated heterocycles. The lowest BCUT2D eigenvalue weighted by molar-refractivity contribution is -0.150. The van der Waals surface area contributed by atoms with Crippen LogP contribution in [-0.4, -0.2) is 33.5 Å². The van der Waals surface area contributed by atoms with Gasteiger partial charge in [0.1, 0.15) is 12.2 Å². The Hall–Kier alpha value is 0.750. The van der Waals surface area contributed by atoms with Gasteiger partial charge in [-0.1, -0.05) is 34.8 Å². The van der Waals surface area contributed by atoms with E-state index in [1.54, 1.807) is 13.8 Å². The topological polar surface area (TPSA) is 38.7 Å². The molecule has 1 rings (SSSR count). The third-order valence-electron chi connectivity index (χ3n) is 1.72. The number of hydrogen-bond donors (Lipinski definition) is 1. The minimum atomic E-state index is -1.74. The van der Waals surface area contributed by atoms with Crippen molar-refractivity contribution >= 4 is 34.8 Å². The average molecular weight is 250 g/mol. The Bertz CT molecular complexity index is 190. The molecule has 3 nitrogen and oxygen atoms in total. The fraction of sp³-hybridized carbons (Fsp3) is 1.00. The maximum absolute atomic E-state index is 9.52. The Morgan fingerprint density at radius 3 is 2.31 bits per heavy atom. The lowest BCUT2D eigenvalue weighted by Gasteiger charge is -2.24. The van der Waals surface area contributed by atoms with Crippen LogP contribution < -0.4 is 0 Å². The van der Waals surface area contributed by atoms with Gasteiger partial charge in [0.15, 0.2) is 5.79 Å². The number of halogens is 3. The largest absolute Gasteiger partial charge is 0.386 e. The second kappa shape index (κ2) is 3.72. The van der Waals surface area contributed by atoms with Crippen LogP contribution >= 0.6 is 34.8 Å². The molecule has 0 aromatic rings. The number of aliphatic hydroxyl groups is 1. The summed E-state index contributed by atoms with van der Waals surface area (Å²) in [4.78, 5) is 0. The third kappa shape index (κ3) is 3.11. The van der Waals surface area contributed by atoms with Gasteiger partial charge in [0.05, 0.1) is 6.61 Å². The normalized spacial score (nSPS) is 30.5. The molecular formula is C7H11Cl3O3. The van der Waals surface area contributed by atoms with Crippen molar-refractivity contribution in [2.24, 2.45) is 0 Å². The molecule has 0 unspecified atom stereocenters. The lowest BCUT2D eigenvalue weighted by Crippen LogP contribution is -2.39. The molecule has 0 bridgehead atoms. The molecule has 0 aliphatic carbocycles. The Morgan fingerprint density at radius 2 is 2.00 bits per heavy atom. The minimum Gasteiger partial charge on any atom is -0.386 e. The summed E-state index contributed by atoms with van der Waals surface area (Å²) in [6.07, 6.45) is -1.78.